The SMILES string of the molecule is CCCc1ccc(Oc2ccc(/C=C/[C@H](C)NC(C)=O)cn2)cc1C#N.[HH]. The van der Waals surface area contributed by atoms with Crippen LogP contribution in [-0.2, 0) is 11.2 Å². The van der Waals surface area contributed by atoms with Crippen LogP contribution in [0.3, 0.4) is 0 Å². The van der Waals surface area contributed by atoms with E-state index in [9.17, 15) is 10.1 Å². The molecule has 1 aromatic heterocycles. The number of ether oxygens (including phenoxy) is 1. The Bertz CT molecular complexity index is 826. The summed E-state index contributed by atoms with van der Waals surface area (Å²) in [7, 11) is 0. The fourth-order valence-corrected chi connectivity index (χ4v) is 2.51. The van der Waals surface area contributed by atoms with Crippen LogP contribution >= 0.6 is 0 Å². The van der Waals surface area contributed by atoms with Gasteiger partial charge in [-0.05, 0) is 42.7 Å². The fraction of sp³-hybridized carbons (Fsp3) is 0.286. The van der Waals surface area contributed by atoms with Crippen LogP contribution in [0.15, 0.2) is 42.6 Å². The third kappa shape index (κ3) is 5.75. The van der Waals surface area contributed by atoms with Crippen molar-refractivity contribution in [1.82, 2.24) is 10.3 Å². The molecule has 0 aliphatic rings. The predicted molar refractivity (Wildman–Crippen MR) is 104 cm³/mol. The van der Waals surface area contributed by atoms with E-state index >= 15 is 0 Å². The van der Waals surface area contributed by atoms with Gasteiger partial charge in [0.05, 0.1) is 11.6 Å². The number of nitriles is 1. The lowest BCUT2D eigenvalue weighted by atomic mass is 10.0. The first kappa shape index (κ1) is 19.2. The molecular formula is C21H25N3O2. The Balaban J connectivity index is 0.00000364. The van der Waals surface area contributed by atoms with E-state index in [1.54, 1.807) is 18.3 Å². The van der Waals surface area contributed by atoms with Crippen LogP contribution in [0, 0.1) is 11.3 Å². The Morgan fingerprint density at radius 3 is 2.85 bits per heavy atom. The maximum atomic E-state index is 11.0. The second-order valence-electron chi connectivity index (χ2n) is 6.06. The van der Waals surface area contributed by atoms with Gasteiger partial charge in [-0.15, -0.1) is 0 Å². The topological polar surface area (TPSA) is 75.0 Å². The van der Waals surface area contributed by atoms with E-state index in [2.05, 4.69) is 23.3 Å². The van der Waals surface area contributed by atoms with Gasteiger partial charge in [0.25, 0.3) is 0 Å². The number of hydrogen-bond acceptors (Lipinski definition) is 4. The Hall–Kier alpha value is -3.13. The number of carbonyl (C=O) groups is 1. The zero-order chi connectivity index (χ0) is 18.9. The highest BCUT2D eigenvalue weighted by Gasteiger charge is 2.05. The second-order valence-corrected chi connectivity index (χ2v) is 6.06. The van der Waals surface area contributed by atoms with E-state index in [4.69, 9.17) is 4.74 Å². The smallest absolute Gasteiger partial charge is 0.219 e. The van der Waals surface area contributed by atoms with Crippen LogP contribution < -0.4 is 10.1 Å². The third-order valence-electron chi connectivity index (χ3n) is 3.71. The molecule has 1 aromatic carbocycles. The number of nitrogens with one attached hydrogen (secondary N) is 1. The third-order valence-corrected chi connectivity index (χ3v) is 3.71. The zero-order valence-corrected chi connectivity index (χ0v) is 15.3. The van der Waals surface area contributed by atoms with Gasteiger partial charge in [0.15, 0.2) is 0 Å². The van der Waals surface area contributed by atoms with Crippen molar-refractivity contribution in [2.24, 2.45) is 0 Å². The molecule has 0 aliphatic carbocycles. The predicted octanol–water partition coefficient (Wildman–Crippen LogP) is 4.48. The van der Waals surface area contributed by atoms with E-state index in [1.165, 1.54) is 6.92 Å². The number of rotatable bonds is 7. The number of aromatic nitrogens is 1. The van der Waals surface area contributed by atoms with Gasteiger partial charge in [0.2, 0.25) is 11.8 Å². The molecule has 2 rings (SSSR count). The molecule has 1 heterocycles. The molecule has 0 saturated heterocycles. The lowest BCUT2D eigenvalue weighted by Crippen LogP contribution is -2.28. The summed E-state index contributed by atoms with van der Waals surface area (Å²) in [6.45, 7) is 5.48. The number of benzene rings is 1. The Kier molecular flexibility index (Phi) is 6.92. The van der Waals surface area contributed by atoms with Crippen molar-refractivity contribution in [3.8, 4) is 17.7 Å². The molecule has 0 radical (unpaired) electrons. The van der Waals surface area contributed by atoms with Crippen molar-refractivity contribution in [2.75, 3.05) is 0 Å². The van der Waals surface area contributed by atoms with Crippen molar-refractivity contribution in [2.45, 2.75) is 39.7 Å². The molecule has 0 saturated carbocycles. The van der Waals surface area contributed by atoms with Crippen LogP contribution in [-0.4, -0.2) is 16.9 Å². The largest absolute Gasteiger partial charge is 0.439 e. The maximum absolute atomic E-state index is 11.0. The van der Waals surface area contributed by atoms with Gasteiger partial charge >= 0.3 is 0 Å². The Morgan fingerprint density at radius 2 is 2.23 bits per heavy atom. The highest BCUT2D eigenvalue weighted by atomic mass is 16.5. The minimum absolute atomic E-state index is 0. The Morgan fingerprint density at radius 1 is 1.42 bits per heavy atom. The maximum Gasteiger partial charge on any atom is 0.219 e. The van der Waals surface area contributed by atoms with Crippen molar-refractivity contribution in [1.29, 1.82) is 5.26 Å². The molecule has 26 heavy (non-hydrogen) atoms. The highest BCUT2D eigenvalue weighted by molar-refractivity contribution is 5.73. The van der Waals surface area contributed by atoms with Crippen molar-refractivity contribution in [3.63, 3.8) is 0 Å². The number of hydrogen-bond donors (Lipinski definition) is 1. The fourth-order valence-electron chi connectivity index (χ4n) is 2.51. The number of aryl methyl sites for hydroxylation is 1. The van der Waals surface area contributed by atoms with Crippen LogP contribution in [0.25, 0.3) is 6.08 Å². The summed E-state index contributed by atoms with van der Waals surface area (Å²) < 4.78 is 5.74. The van der Waals surface area contributed by atoms with Crippen molar-refractivity contribution < 1.29 is 11.0 Å². The molecule has 0 spiro atoms. The molecule has 136 valence electrons. The van der Waals surface area contributed by atoms with Crippen LogP contribution in [0.1, 0.15) is 45.3 Å². The molecule has 2 aromatic rings. The molecule has 0 unspecified atom stereocenters. The molecule has 5 nitrogen and oxygen atoms in total. The van der Waals surface area contributed by atoms with E-state index in [0.717, 1.165) is 24.0 Å². The summed E-state index contributed by atoms with van der Waals surface area (Å²) in [5.74, 6) is 0.992. The molecule has 1 N–H and O–H groups in total. The van der Waals surface area contributed by atoms with Crippen LogP contribution in [0.4, 0.5) is 0 Å². The van der Waals surface area contributed by atoms with Crippen LogP contribution in [0.5, 0.6) is 11.6 Å². The average Bonchev–Trinajstić information content (AvgIpc) is 2.62. The lowest BCUT2D eigenvalue weighted by molar-refractivity contribution is -0.119. The monoisotopic (exact) mass is 351 g/mol. The molecule has 1 amide bonds. The molecule has 0 fully saturated rings. The minimum atomic E-state index is -0.0642. The summed E-state index contributed by atoms with van der Waals surface area (Å²) in [6, 6.07) is 11.4. The van der Waals surface area contributed by atoms with Gasteiger partial charge in [-0.25, -0.2) is 4.98 Å². The van der Waals surface area contributed by atoms with Crippen molar-refractivity contribution >= 4 is 12.0 Å². The van der Waals surface area contributed by atoms with E-state index < -0.39 is 0 Å². The molecule has 5 heteroatoms. The summed E-state index contributed by atoms with van der Waals surface area (Å²) in [6.07, 6.45) is 7.35. The quantitative estimate of drug-likeness (QED) is 0.798. The van der Waals surface area contributed by atoms with E-state index in [1.807, 2.05) is 37.3 Å². The highest BCUT2D eigenvalue weighted by Crippen LogP contribution is 2.23. The first-order chi connectivity index (χ1) is 12.5. The van der Waals surface area contributed by atoms with Gasteiger partial charge in [-0.2, -0.15) is 5.26 Å². The summed E-state index contributed by atoms with van der Waals surface area (Å²) in [5, 5.41) is 12.1. The van der Waals surface area contributed by atoms with Gasteiger partial charge in [-0.1, -0.05) is 31.6 Å². The summed E-state index contributed by atoms with van der Waals surface area (Å²) in [5.41, 5.74) is 2.57. The number of amides is 1. The van der Waals surface area contributed by atoms with Gasteiger partial charge in [-0.3, -0.25) is 4.79 Å². The summed E-state index contributed by atoms with van der Waals surface area (Å²) in [4.78, 5) is 15.3. The normalized spacial score (nSPS) is 11.8. The average molecular weight is 351 g/mol. The molecule has 1 atom stereocenters. The zero-order valence-electron chi connectivity index (χ0n) is 15.3. The number of pyridine rings is 1. The van der Waals surface area contributed by atoms with Crippen LogP contribution in [0.2, 0.25) is 0 Å². The van der Waals surface area contributed by atoms with Gasteiger partial charge in [0.1, 0.15) is 5.75 Å². The summed E-state index contributed by atoms with van der Waals surface area (Å²) >= 11 is 0. The Labute approximate surface area is 155 Å². The molecule has 0 aliphatic heterocycles. The molecular weight excluding hydrogens is 326 g/mol. The van der Waals surface area contributed by atoms with Crippen molar-refractivity contribution in [3.05, 3.63) is 59.3 Å². The van der Waals surface area contributed by atoms with E-state index in [-0.39, 0.29) is 13.4 Å². The second kappa shape index (κ2) is 9.38. The van der Waals surface area contributed by atoms with E-state index in [0.29, 0.717) is 17.2 Å². The standard InChI is InChI=1S/C21H23N3O2.H2/c1-4-5-18-9-10-20(12-19(18)13-22)26-21-11-8-17(14-23-21)7-6-15(2)24-16(3)25;/h6-12,14-15H,4-5H2,1-3H3,(H,24,25);1H/b7-6+;/t15-;/m0./s1. The first-order valence-electron chi connectivity index (χ1n) is 8.64. The molecule has 0 bridgehead atoms. The number of nitrogens with zero attached hydrogens (tertiary/aromatic N) is 2. The van der Waals surface area contributed by atoms with Gasteiger partial charge < -0.3 is 10.1 Å². The minimum Gasteiger partial charge on any atom is -0.439 e. The lowest BCUT2D eigenvalue weighted by Gasteiger charge is -2.08. The first-order valence-corrected chi connectivity index (χ1v) is 8.64. The number of carbonyl (C=O) groups excluding carboxylic acids is 1. The van der Waals surface area contributed by atoms with Gasteiger partial charge in [0, 0.05) is 26.7 Å².